The molecule has 1 aromatic carbocycles. The minimum Gasteiger partial charge on any atom is -0.389 e. The SMILES string of the molecule is Cc1ccc(C(=O)NC[C@@H](O)CO[C@@H](C)c2ccccc2)c(=O)[nH]1. The molecule has 2 rings (SSSR count). The molecule has 24 heavy (non-hydrogen) atoms. The smallest absolute Gasteiger partial charge is 0.260 e. The number of aromatic nitrogens is 1. The van der Waals surface area contributed by atoms with Gasteiger partial charge in [0, 0.05) is 12.2 Å². The summed E-state index contributed by atoms with van der Waals surface area (Å²) >= 11 is 0. The van der Waals surface area contributed by atoms with Crippen LogP contribution in [-0.2, 0) is 4.74 Å². The molecule has 1 aromatic heterocycles. The quantitative estimate of drug-likeness (QED) is 0.718. The second-order valence-corrected chi connectivity index (χ2v) is 5.63. The molecule has 1 amide bonds. The summed E-state index contributed by atoms with van der Waals surface area (Å²) < 4.78 is 5.60. The molecule has 2 aromatic rings. The Balaban J connectivity index is 1.79. The van der Waals surface area contributed by atoms with E-state index in [0.29, 0.717) is 5.69 Å². The lowest BCUT2D eigenvalue weighted by molar-refractivity contribution is -0.00171. The van der Waals surface area contributed by atoms with Crippen LogP contribution in [0.1, 0.15) is 34.6 Å². The highest BCUT2D eigenvalue weighted by atomic mass is 16.5. The first-order chi connectivity index (χ1) is 11.5. The maximum absolute atomic E-state index is 12.0. The Kier molecular flexibility index (Phi) is 6.28. The molecule has 0 unspecified atom stereocenters. The number of amides is 1. The second-order valence-electron chi connectivity index (χ2n) is 5.63. The van der Waals surface area contributed by atoms with Crippen molar-refractivity contribution in [3.05, 3.63) is 69.6 Å². The monoisotopic (exact) mass is 330 g/mol. The number of H-pyrrole nitrogens is 1. The van der Waals surface area contributed by atoms with Crippen LogP contribution >= 0.6 is 0 Å². The van der Waals surface area contributed by atoms with Crippen LogP contribution in [-0.4, -0.2) is 35.3 Å². The molecule has 0 aliphatic rings. The molecule has 0 aliphatic carbocycles. The molecule has 0 aliphatic heterocycles. The number of aliphatic hydroxyl groups excluding tert-OH is 1. The van der Waals surface area contributed by atoms with Crippen LogP contribution in [0.5, 0.6) is 0 Å². The van der Waals surface area contributed by atoms with E-state index in [-0.39, 0.29) is 24.8 Å². The van der Waals surface area contributed by atoms with Gasteiger partial charge in [-0.25, -0.2) is 0 Å². The third kappa shape index (κ3) is 5.04. The molecule has 0 fully saturated rings. The van der Waals surface area contributed by atoms with Crippen LogP contribution in [0, 0.1) is 6.92 Å². The van der Waals surface area contributed by atoms with Gasteiger partial charge in [-0.1, -0.05) is 30.3 Å². The summed E-state index contributed by atoms with van der Waals surface area (Å²) in [6.45, 7) is 3.72. The Hall–Kier alpha value is -2.44. The number of hydrogen-bond acceptors (Lipinski definition) is 4. The second kappa shape index (κ2) is 8.42. The van der Waals surface area contributed by atoms with Gasteiger partial charge in [0.1, 0.15) is 5.56 Å². The maximum Gasteiger partial charge on any atom is 0.260 e. The zero-order valence-electron chi connectivity index (χ0n) is 13.8. The molecule has 0 saturated heterocycles. The van der Waals surface area contributed by atoms with Gasteiger partial charge in [-0.05, 0) is 31.5 Å². The fourth-order valence-electron chi connectivity index (χ4n) is 2.19. The number of carbonyl (C=O) groups excluding carboxylic acids is 1. The van der Waals surface area contributed by atoms with E-state index < -0.39 is 17.6 Å². The highest BCUT2D eigenvalue weighted by Gasteiger charge is 2.14. The van der Waals surface area contributed by atoms with Crippen LogP contribution in [0.3, 0.4) is 0 Å². The van der Waals surface area contributed by atoms with Gasteiger partial charge in [0.05, 0.1) is 18.8 Å². The van der Waals surface area contributed by atoms with E-state index in [1.54, 1.807) is 13.0 Å². The summed E-state index contributed by atoms with van der Waals surface area (Å²) in [6.07, 6.45) is -1.01. The van der Waals surface area contributed by atoms with Gasteiger partial charge in [0.2, 0.25) is 0 Å². The number of hydrogen-bond donors (Lipinski definition) is 3. The molecule has 0 radical (unpaired) electrons. The van der Waals surface area contributed by atoms with E-state index in [0.717, 1.165) is 5.56 Å². The number of aliphatic hydroxyl groups is 1. The van der Waals surface area contributed by atoms with Gasteiger partial charge in [-0.2, -0.15) is 0 Å². The predicted octanol–water partition coefficient (Wildman–Crippen LogP) is 1.55. The van der Waals surface area contributed by atoms with Crippen molar-refractivity contribution in [1.82, 2.24) is 10.3 Å². The Morgan fingerprint density at radius 3 is 2.62 bits per heavy atom. The van der Waals surface area contributed by atoms with Crippen molar-refractivity contribution in [2.75, 3.05) is 13.2 Å². The van der Waals surface area contributed by atoms with Crippen molar-refractivity contribution in [3.63, 3.8) is 0 Å². The molecule has 2 atom stereocenters. The predicted molar refractivity (Wildman–Crippen MR) is 90.9 cm³/mol. The Bertz CT molecular complexity index is 727. The number of nitrogens with one attached hydrogen (secondary N) is 2. The third-order valence-corrected chi connectivity index (χ3v) is 3.61. The fourth-order valence-corrected chi connectivity index (χ4v) is 2.19. The van der Waals surface area contributed by atoms with E-state index in [9.17, 15) is 14.7 Å². The molecule has 0 saturated carbocycles. The van der Waals surface area contributed by atoms with Gasteiger partial charge < -0.3 is 20.1 Å². The number of aromatic amines is 1. The Morgan fingerprint density at radius 1 is 1.25 bits per heavy atom. The Labute approximate surface area is 140 Å². The lowest BCUT2D eigenvalue weighted by Gasteiger charge is -2.17. The number of ether oxygens (including phenoxy) is 1. The number of pyridine rings is 1. The van der Waals surface area contributed by atoms with Gasteiger partial charge >= 0.3 is 0 Å². The minimum absolute atomic E-state index is 0.00760. The largest absolute Gasteiger partial charge is 0.389 e. The highest BCUT2D eigenvalue weighted by molar-refractivity contribution is 5.93. The summed E-state index contributed by atoms with van der Waals surface area (Å²) in [5.74, 6) is -0.522. The number of benzene rings is 1. The molecule has 6 heteroatoms. The van der Waals surface area contributed by atoms with E-state index in [1.165, 1.54) is 6.07 Å². The van der Waals surface area contributed by atoms with Crippen molar-refractivity contribution in [2.24, 2.45) is 0 Å². The van der Waals surface area contributed by atoms with Crippen molar-refractivity contribution >= 4 is 5.91 Å². The van der Waals surface area contributed by atoms with Crippen molar-refractivity contribution in [3.8, 4) is 0 Å². The number of aryl methyl sites for hydroxylation is 1. The van der Waals surface area contributed by atoms with E-state index in [2.05, 4.69) is 10.3 Å². The molecular weight excluding hydrogens is 308 g/mol. The fraction of sp³-hybridized carbons (Fsp3) is 0.333. The van der Waals surface area contributed by atoms with Gasteiger partial charge in [0.25, 0.3) is 11.5 Å². The first kappa shape index (κ1) is 17.9. The molecule has 1 heterocycles. The average molecular weight is 330 g/mol. The van der Waals surface area contributed by atoms with Crippen LogP contribution in [0.4, 0.5) is 0 Å². The first-order valence-electron chi connectivity index (χ1n) is 7.80. The zero-order chi connectivity index (χ0) is 17.5. The average Bonchev–Trinajstić information content (AvgIpc) is 2.58. The topological polar surface area (TPSA) is 91.4 Å². The van der Waals surface area contributed by atoms with E-state index in [4.69, 9.17) is 4.74 Å². The Morgan fingerprint density at radius 2 is 1.96 bits per heavy atom. The molecule has 6 nitrogen and oxygen atoms in total. The molecule has 3 N–H and O–H groups in total. The molecule has 0 spiro atoms. The van der Waals surface area contributed by atoms with Gasteiger partial charge in [-0.3, -0.25) is 9.59 Å². The minimum atomic E-state index is -0.857. The summed E-state index contributed by atoms with van der Waals surface area (Å²) in [6, 6.07) is 12.8. The maximum atomic E-state index is 12.0. The van der Waals surface area contributed by atoms with Crippen molar-refractivity contribution in [2.45, 2.75) is 26.1 Å². The van der Waals surface area contributed by atoms with Crippen molar-refractivity contribution in [1.29, 1.82) is 0 Å². The first-order valence-corrected chi connectivity index (χ1v) is 7.80. The lowest BCUT2D eigenvalue weighted by Crippen LogP contribution is -2.37. The normalized spacial score (nSPS) is 13.3. The summed E-state index contributed by atoms with van der Waals surface area (Å²) in [4.78, 5) is 26.2. The number of rotatable bonds is 7. The van der Waals surface area contributed by atoms with E-state index >= 15 is 0 Å². The van der Waals surface area contributed by atoms with Crippen LogP contribution in [0.15, 0.2) is 47.3 Å². The zero-order valence-corrected chi connectivity index (χ0v) is 13.8. The van der Waals surface area contributed by atoms with Crippen molar-refractivity contribution < 1.29 is 14.6 Å². The summed E-state index contributed by atoms with van der Waals surface area (Å²) in [5.41, 5.74) is 1.27. The van der Waals surface area contributed by atoms with Crippen LogP contribution in [0.25, 0.3) is 0 Å². The van der Waals surface area contributed by atoms with Crippen LogP contribution < -0.4 is 10.9 Å². The standard InChI is InChI=1S/C18H22N2O4/c1-12-8-9-16(18(23)20-12)17(22)19-10-15(21)11-24-13(2)14-6-4-3-5-7-14/h3-9,13,15,21H,10-11H2,1-2H3,(H,19,22)(H,20,23)/t13-,15+/m0/s1. The summed E-state index contributed by atoms with van der Waals surface area (Å²) in [7, 11) is 0. The van der Waals surface area contributed by atoms with Gasteiger partial charge in [0.15, 0.2) is 0 Å². The number of carbonyl (C=O) groups is 1. The molecule has 0 bridgehead atoms. The molecule has 128 valence electrons. The lowest BCUT2D eigenvalue weighted by atomic mass is 10.1. The van der Waals surface area contributed by atoms with Crippen LogP contribution in [0.2, 0.25) is 0 Å². The summed E-state index contributed by atoms with van der Waals surface area (Å²) in [5, 5.41) is 12.5. The van der Waals surface area contributed by atoms with Gasteiger partial charge in [-0.15, -0.1) is 0 Å². The molecular formula is C18H22N2O4. The third-order valence-electron chi connectivity index (χ3n) is 3.61. The van der Waals surface area contributed by atoms with E-state index in [1.807, 2.05) is 37.3 Å². The highest BCUT2D eigenvalue weighted by Crippen LogP contribution is 2.15.